The number of benzene rings is 1. The maximum atomic E-state index is 6.00. The van der Waals surface area contributed by atoms with Gasteiger partial charge >= 0.3 is 0 Å². The van der Waals surface area contributed by atoms with Crippen LogP contribution in [0.4, 0.5) is 0 Å². The molecule has 0 aromatic heterocycles. The molecule has 0 amide bonds. The Balaban J connectivity index is 2.15. The fraction of sp³-hybridized carbons (Fsp3) is 0.667. The van der Waals surface area contributed by atoms with E-state index in [0.717, 1.165) is 13.0 Å². The number of nitrogens with two attached hydrogens (primary N) is 1. The van der Waals surface area contributed by atoms with Crippen LogP contribution in [-0.2, 0) is 0 Å². The molecule has 1 saturated carbocycles. The van der Waals surface area contributed by atoms with Gasteiger partial charge in [0, 0.05) is 12.1 Å². The van der Waals surface area contributed by atoms with E-state index in [2.05, 4.69) is 50.1 Å². The monoisotopic (exact) mass is 274 g/mol. The van der Waals surface area contributed by atoms with Crippen LogP contribution in [0.2, 0.25) is 0 Å². The van der Waals surface area contributed by atoms with E-state index < -0.39 is 0 Å². The van der Waals surface area contributed by atoms with E-state index in [1.54, 1.807) is 0 Å². The molecule has 0 radical (unpaired) electrons. The second-order valence-electron chi connectivity index (χ2n) is 6.35. The van der Waals surface area contributed by atoms with E-state index in [1.165, 1.54) is 36.8 Å². The van der Waals surface area contributed by atoms with Gasteiger partial charge in [-0.1, -0.05) is 49.6 Å². The molecular weight excluding hydrogens is 244 g/mol. The van der Waals surface area contributed by atoms with Crippen LogP contribution in [0.3, 0.4) is 0 Å². The van der Waals surface area contributed by atoms with Gasteiger partial charge in [0.15, 0.2) is 0 Å². The molecule has 0 spiro atoms. The van der Waals surface area contributed by atoms with E-state index in [4.69, 9.17) is 5.73 Å². The Morgan fingerprint density at radius 2 is 1.85 bits per heavy atom. The average Bonchev–Trinajstić information content (AvgIpc) is 2.49. The highest BCUT2D eigenvalue weighted by Crippen LogP contribution is 2.33. The summed E-state index contributed by atoms with van der Waals surface area (Å²) in [5, 5.41) is 0. The van der Waals surface area contributed by atoms with Crippen LogP contribution in [0.15, 0.2) is 24.3 Å². The topological polar surface area (TPSA) is 29.3 Å². The molecule has 2 rings (SSSR count). The second-order valence-corrected chi connectivity index (χ2v) is 6.35. The molecule has 1 aliphatic rings. The third-order valence-corrected chi connectivity index (χ3v) is 5.04. The maximum Gasteiger partial charge on any atom is 0.0345 e. The lowest BCUT2D eigenvalue weighted by atomic mass is 9.82. The van der Waals surface area contributed by atoms with Crippen LogP contribution in [0.5, 0.6) is 0 Å². The molecule has 3 atom stereocenters. The molecule has 0 saturated heterocycles. The third-order valence-electron chi connectivity index (χ3n) is 5.04. The molecule has 1 aromatic rings. The van der Waals surface area contributed by atoms with Crippen molar-refractivity contribution in [3.05, 3.63) is 35.4 Å². The SMILES string of the molecule is CCC(c1ccc(C)cc1)N(C)C1CCCCC1CN. The molecule has 2 nitrogen and oxygen atoms in total. The van der Waals surface area contributed by atoms with E-state index in [-0.39, 0.29) is 0 Å². The van der Waals surface area contributed by atoms with Crippen molar-refractivity contribution in [2.45, 2.75) is 58.0 Å². The Kier molecular flexibility index (Phi) is 5.62. The fourth-order valence-corrected chi connectivity index (χ4v) is 3.78. The van der Waals surface area contributed by atoms with Crippen molar-refractivity contribution in [2.75, 3.05) is 13.6 Å². The Morgan fingerprint density at radius 3 is 2.45 bits per heavy atom. The zero-order valence-corrected chi connectivity index (χ0v) is 13.3. The number of hydrogen-bond acceptors (Lipinski definition) is 2. The van der Waals surface area contributed by atoms with Crippen LogP contribution in [0, 0.1) is 12.8 Å². The van der Waals surface area contributed by atoms with Crippen LogP contribution in [0.25, 0.3) is 0 Å². The summed E-state index contributed by atoms with van der Waals surface area (Å²) in [6.07, 6.45) is 6.48. The fourth-order valence-electron chi connectivity index (χ4n) is 3.78. The summed E-state index contributed by atoms with van der Waals surface area (Å²) in [6.45, 7) is 5.28. The summed E-state index contributed by atoms with van der Waals surface area (Å²) in [5.74, 6) is 0.674. The Labute approximate surface area is 124 Å². The predicted octanol–water partition coefficient (Wildman–Crippen LogP) is 3.90. The van der Waals surface area contributed by atoms with Gasteiger partial charge in [-0.3, -0.25) is 4.90 Å². The minimum absolute atomic E-state index is 0.521. The quantitative estimate of drug-likeness (QED) is 0.882. The van der Waals surface area contributed by atoms with Crippen molar-refractivity contribution in [3.63, 3.8) is 0 Å². The Hall–Kier alpha value is -0.860. The normalized spacial score (nSPS) is 24.9. The summed E-state index contributed by atoms with van der Waals surface area (Å²) in [7, 11) is 2.30. The number of aryl methyl sites for hydroxylation is 1. The summed E-state index contributed by atoms with van der Waals surface area (Å²) in [4.78, 5) is 2.60. The number of rotatable bonds is 5. The van der Waals surface area contributed by atoms with E-state index >= 15 is 0 Å². The highest BCUT2D eigenvalue weighted by molar-refractivity contribution is 5.24. The predicted molar refractivity (Wildman–Crippen MR) is 86.8 cm³/mol. The lowest BCUT2D eigenvalue weighted by Gasteiger charge is -2.41. The first-order valence-corrected chi connectivity index (χ1v) is 8.16. The number of nitrogens with zero attached hydrogens (tertiary/aromatic N) is 1. The van der Waals surface area contributed by atoms with Crippen LogP contribution in [-0.4, -0.2) is 24.5 Å². The first-order chi connectivity index (χ1) is 9.67. The van der Waals surface area contributed by atoms with Crippen molar-refractivity contribution < 1.29 is 0 Å². The Morgan fingerprint density at radius 1 is 1.20 bits per heavy atom. The standard InChI is InChI=1S/C18H30N2/c1-4-17(15-11-9-14(2)10-12-15)20(3)18-8-6-5-7-16(18)13-19/h9-12,16-18H,4-8,13,19H2,1-3H3. The van der Waals surface area contributed by atoms with Gasteiger partial charge in [-0.2, -0.15) is 0 Å². The van der Waals surface area contributed by atoms with Gasteiger partial charge in [-0.15, -0.1) is 0 Å². The minimum Gasteiger partial charge on any atom is -0.330 e. The Bertz CT molecular complexity index is 398. The van der Waals surface area contributed by atoms with Crippen LogP contribution in [0.1, 0.15) is 56.2 Å². The second kappa shape index (κ2) is 7.24. The third kappa shape index (κ3) is 3.42. The molecule has 3 unspecified atom stereocenters. The molecule has 1 fully saturated rings. The zero-order chi connectivity index (χ0) is 14.5. The minimum atomic E-state index is 0.521. The van der Waals surface area contributed by atoms with Gasteiger partial charge in [0.25, 0.3) is 0 Å². The molecule has 20 heavy (non-hydrogen) atoms. The maximum absolute atomic E-state index is 6.00. The molecule has 112 valence electrons. The molecule has 0 aliphatic heterocycles. The molecule has 2 N–H and O–H groups in total. The first-order valence-electron chi connectivity index (χ1n) is 8.16. The summed E-state index contributed by atoms with van der Waals surface area (Å²) in [5.41, 5.74) is 8.79. The van der Waals surface area contributed by atoms with Gasteiger partial charge < -0.3 is 5.73 Å². The van der Waals surface area contributed by atoms with Crippen molar-refractivity contribution in [1.29, 1.82) is 0 Å². The van der Waals surface area contributed by atoms with Crippen molar-refractivity contribution in [3.8, 4) is 0 Å². The molecule has 2 heteroatoms. The molecule has 0 heterocycles. The smallest absolute Gasteiger partial charge is 0.0345 e. The van der Waals surface area contributed by atoms with E-state index in [0.29, 0.717) is 18.0 Å². The van der Waals surface area contributed by atoms with Crippen molar-refractivity contribution in [1.82, 2.24) is 4.90 Å². The van der Waals surface area contributed by atoms with Crippen molar-refractivity contribution in [2.24, 2.45) is 11.7 Å². The van der Waals surface area contributed by atoms with Gasteiger partial charge in [0.2, 0.25) is 0 Å². The molecule has 1 aromatic carbocycles. The van der Waals surface area contributed by atoms with Crippen LogP contribution >= 0.6 is 0 Å². The summed E-state index contributed by atoms with van der Waals surface area (Å²) < 4.78 is 0. The first kappa shape index (κ1) is 15.5. The van der Waals surface area contributed by atoms with Gasteiger partial charge in [0.1, 0.15) is 0 Å². The lowest BCUT2D eigenvalue weighted by Crippen LogP contribution is -2.44. The van der Waals surface area contributed by atoms with Crippen molar-refractivity contribution >= 4 is 0 Å². The summed E-state index contributed by atoms with van der Waals surface area (Å²) in [6, 6.07) is 10.2. The van der Waals surface area contributed by atoms with Gasteiger partial charge in [-0.25, -0.2) is 0 Å². The zero-order valence-electron chi connectivity index (χ0n) is 13.3. The molecular formula is C18H30N2. The van der Waals surface area contributed by atoms with Gasteiger partial charge in [0.05, 0.1) is 0 Å². The number of hydrogen-bond donors (Lipinski definition) is 1. The van der Waals surface area contributed by atoms with Gasteiger partial charge in [-0.05, 0) is 51.3 Å². The average molecular weight is 274 g/mol. The lowest BCUT2D eigenvalue weighted by molar-refractivity contribution is 0.0895. The molecule has 0 bridgehead atoms. The van der Waals surface area contributed by atoms with E-state index in [1.807, 2.05) is 0 Å². The highest BCUT2D eigenvalue weighted by Gasteiger charge is 2.30. The summed E-state index contributed by atoms with van der Waals surface area (Å²) >= 11 is 0. The highest BCUT2D eigenvalue weighted by atomic mass is 15.2. The largest absolute Gasteiger partial charge is 0.330 e. The van der Waals surface area contributed by atoms with Crippen LogP contribution < -0.4 is 5.73 Å². The van der Waals surface area contributed by atoms with E-state index in [9.17, 15) is 0 Å². The molecule has 1 aliphatic carbocycles.